The summed E-state index contributed by atoms with van der Waals surface area (Å²) in [6.07, 6.45) is 3.53. The van der Waals surface area contributed by atoms with Crippen LogP contribution in [0, 0.1) is 18.7 Å². The van der Waals surface area contributed by atoms with Crippen LogP contribution in [0.15, 0.2) is 24.4 Å². The minimum absolute atomic E-state index is 0.0698. The minimum atomic E-state index is -0.424. The van der Waals surface area contributed by atoms with Crippen LogP contribution in [0.25, 0.3) is 0 Å². The van der Waals surface area contributed by atoms with Gasteiger partial charge in [-0.25, -0.2) is 9.37 Å². The molecule has 1 N–H and O–H groups in total. The van der Waals surface area contributed by atoms with Crippen molar-refractivity contribution in [1.82, 2.24) is 15.0 Å². The van der Waals surface area contributed by atoms with E-state index in [9.17, 15) is 4.39 Å². The average molecular weight is 301 g/mol. The van der Waals surface area contributed by atoms with Crippen LogP contribution in [-0.2, 0) is 0 Å². The molecule has 22 heavy (non-hydrogen) atoms. The first kappa shape index (κ1) is 14.7. The van der Waals surface area contributed by atoms with E-state index in [1.54, 1.807) is 19.0 Å². The Morgan fingerprint density at radius 2 is 2.05 bits per heavy atom. The largest absolute Gasteiger partial charge is 0.360 e. The fourth-order valence-corrected chi connectivity index (χ4v) is 2.48. The van der Waals surface area contributed by atoms with Crippen molar-refractivity contribution in [3.05, 3.63) is 41.6 Å². The summed E-state index contributed by atoms with van der Waals surface area (Å²) < 4.78 is 13.7. The Morgan fingerprint density at radius 1 is 1.27 bits per heavy atom. The van der Waals surface area contributed by atoms with Crippen LogP contribution >= 0.6 is 0 Å². The maximum Gasteiger partial charge on any atom is 0.225 e. The Labute approximate surface area is 129 Å². The summed E-state index contributed by atoms with van der Waals surface area (Å²) in [5.41, 5.74) is 1.97. The second kappa shape index (κ2) is 5.87. The first-order valence-corrected chi connectivity index (χ1v) is 7.44. The highest BCUT2D eigenvalue weighted by molar-refractivity contribution is 5.43. The van der Waals surface area contributed by atoms with Gasteiger partial charge in [0.2, 0.25) is 5.95 Å². The summed E-state index contributed by atoms with van der Waals surface area (Å²) >= 11 is 0. The number of rotatable bonds is 5. The molecule has 2 aromatic heterocycles. The number of halogens is 1. The lowest BCUT2D eigenvalue weighted by Gasteiger charge is -2.19. The number of pyridine rings is 1. The van der Waals surface area contributed by atoms with Crippen molar-refractivity contribution in [3.8, 4) is 0 Å². The zero-order valence-corrected chi connectivity index (χ0v) is 13.0. The molecule has 2 aromatic rings. The molecule has 0 radical (unpaired) electrons. The zero-order valence-electron chi connectivity index (χ0n) is 13.0. The molecule has 0 amide bonds. The van der Waals surface area contributed by atoms with Gasteiger partial charge >= 0.3 is 0 Å². The number of nitrogens with one attached hydrogen (secondary N) is 1. The number of anilines is 2. The van der Waals surface area contributed by atoms with Crippen LogP contribution in [0.3, 0.4) is 0 Å². The molecule has 1 atom stereocenters. The topological polar surface area (TPSA) is 53.9 Å². The average Bonchev–Trinajstić information content (AvgIpc) is 3.30. The second-order valence-electron chi connectivity index (χ2n) is 5.92. The quantitative estimate of drug-likeness (QED) is 0.920. The molecule has 2 heterocycles. The standard InChI is InChI=1S/C16H20FN5/c1-10-5-4-6-13(19-10)14(11-7-8-11)20-16-18-9-12(17)15(21-16)22(2)3/h4-6,9,11,14H,7-8H2,1-3H3,(H,18,20,21). The smallest absolute Gasteiger partial charge is 0.225 e. The van der Waals surface area contributed by atoms with E-state index in [1.165, 1.54) is 6.20 Å². The van der Waals surface area contributed by atoms with Crippen LogP contribution in [-0.4, -0.2) is 29.0 Å². The van der Waals surface area contributed by atoms with Gasteiger partial charge in [0.1, 0.15) is 0 Å². The van der Waals surface area contributed by atoms with Gasteiger partial charge in [-0.1, -0.05) is 6.07 Å². The van der Waals surface area contributed by atoms with Crippen molar-refractivity contribution in [2.75, 3.05) is 24.3 Å². The molecule has 1 fully saturated rings. The van der Waals surface area contributed by atoms with E-state index < -0.39 is 5.82 Å². The van der Waals surface area contributed by atoms with Gasteiger partial charge in [0.05, 0.1) is 17.9 Å². The molecule has 6 heteroatoms. The molecule has 1 aliphatic rings. The maximum atomic E-state index is 13.7. The molecule has 0 aliphatic heterocycles. The normalized spacial score (nSPS) is 15.5. The van der Waals surface area contributed by atoms with Crippen LogP contribution in [0.4, 0.5) is 16.2 Å². The SMILES string of the molecule is Cc1cccc(C(Nc2ncc(F)c(N(C)C)n2)C2CC2)n1. The Morgan fingerprint density at radius 3 is 2.68 bits per heavy atom. The van der Waals surface area contributed by atoms with Gasteiger partial charge in [-0.15, -0.1) is 0 Å². The van der Waals surface area contributed by atoms with Crippen molar-refractivity contribution in [2.45, 2.75) is 25.8 Å². The second-order valence-corrected chi connectivity index (χ2v) is 5.92. The fraction of sp³-hybridized carbons (Fsp3) is 0.438. The van der Waals surface area contributed by atoms with Gasteiger partial charge in [-0.3, -0.25) is 4.98 Å². The number of nitrogens with zero attached hydrogens (tertiary/aromatic N) is 4. The Hall–Kier alpha value is -2.24. The van der Waals surface area contributed by atoms with E-state index >= 15 is 0 Å². The lowest BCUT2D eigenvalue weighted by atomic mass is 10.1. The highest BCUT2D eigenvalue weighted by Crippen LogP contribution is 2.42. The van der Waals surface area contributed by atoms with E-state index in [2.05, 4.69) is 20.3 Å². The Bertz CT molecular complexity index is 669. The molecule has 3 rings (SSSR count). The molecule has 0 aromatic carbocycles. The lowest BCUT2D eigenvalue weighted by molar-refractivity contribution is 0.607. The summed E-state index contributed by atoms with van der Waals surface area (Å²) in [7, 11) is 3.52. The minimum Gasteiger partial charge on any atom is -0.360 e. The maximum absolute atomic E-state index is 13.7. The number of hydrogen-bond acceptors (Lipinski definition) is 5. The number of aromatic nitrogens is 3. The number of aryl methyl sites for hydroxylation is 1. The third kappa shape index (κ3) is 3.16. The molecule has 1 unspecified atom stereocenters. The van der Waals surface area contributed by atoms with E-state index in [0.717, 1.165) is 24.2 Å². The summed E-state index contributed by atoms with van der Waals surface area (Å²) in [6, 6.07) is 6.07. The molecule has 1 aliphatic carbocycles. The Kier molecular flexibility index (Phi) is 3.92. The molecule has 0 saturated heterocycles. The fourth-order valence-electron chi connectivity index (χ4n) is 2.48. The third-order valence-electron chi connectivity index (χ3n) is 3.76. The van der Waals surface area contributed by atoms with Crippen molar-refractivity contribution >= 4 is 11.8 Å². The summed E-state index contributed by atoms with van der Waals surface area (Å²) in [4.78, 5) is 14.6. The van der Waals surface area contributed by atoms with Crippen molar-refractivity contribution in [2.24, 2.45) is 5.92 Å². The van der Waals surface area contributed by atoms with Crippen molar-refractivity contribution < 1.29 is 4.39 Å². The van der Waals surface area contributed by atoms with Crippen LogP contribution in [0.5, 0.6) is 0 Å². The predicted octanol–water partition coefficient (Wildman–Crippen LogP) is 2.95. The first-order valence-electron chi connectivity index (χ1n) is 7.44. The monoisotopic (exact) mass is 301 g/mol. The molecule has 116 valence electrons. The summed E-state index contributed by atoms with van der Waals surface area (Å²) in [5, 5.41) is 3.33. The predicted molar refractivity (Wildman–Crippen MR) is 84.4 cm³/mol. The molecule has 5 nitrogen and oxygen atoms in total. The molecular formula is C16H20FN5. The number of hydrogen-bond donors (Lipinski definition) is 1. The summed E-state index contributed by atoms with van der Waals surface area (Å²) in [6.45, 7) is 1.98. The van der Waals surface area contributed by atoms with Gasteiger partial charge in [0, 0.05) is 19.8 Å². The van der Waals surface area contributed by atoms with Crippen LogP contribution in [0.1, 0.15) is 30.3 Å². The van der Waals surface area contributed by atoms with Gasteiger partial charge in [0.15, 0.2) is 11.6 Å². The van der Waals surface area contributed by atoms with E-state index in [4.69, 9.17) is 0 Å². The van der Waals surface area contributed by atoms with Gasteiger partial charge in [-0.05, 0) is 37.8 Å². The highest BCUT2D eigenvalue weighted by Gasteiger charge is 2.34. The molecule has 0 spiro atoms. The summed E-state index contributed by atoms with van der Waals surface area (Å²) in [5.74, 6) is 0.826. The first-order chi connectivity index (χ1) is 10.5. The van der Waals surface area contributed by atoms with Crippen molar-refractivity contribution in [3.63, 3.8) is 0 Å². The van der Waals surface area contributed by atoms with Gasteiger partial charge in [0.25, 0.3) is 0 Å². The molecule has 1 saturated carbocycles. The van der Waals surface area contributed by atoms with Gasteiger partial charge in [-0.2, -0.15) is 4.98 Å². The zero-order chi connectivity index (χ0) is 15.7. The van der Waals surface area contributed by atoms with Crippen LogP contribution in [0.2, 0.25) is 0 Å². The van der Waals surface area contributed by atoms with Crippen LogP contribution < -0.4 is 10.2 Å². The van der Waals surface area contributed by atoms with Gasteiger partial charge < -0.3 is 10.2 Å². The molecule has 0 bridgehead atoms. The third-order valence-corrected chi connectivity index (χ3v) is 3.76. The Balaban J connectivity index is 1.87. The van der Waals surface area contributed by atoms with E-state index in [0.29, 0.717) is 11.9 Å². The lowest BCUT2D eigenvalue weighted by Crippen LogP contribution is -2.19. The van der Waals surface area contributed by atoms with Crippen molar-refractivity contribution in [1.29, 1.82) is 0 Å². The highest BCUT2D eigenvalue weighted by atomic mass is 19.1. The van der Waals surface area contributed by atoms with E-state index in [1.807, 2.05) is 25.1 Å². The molecular weight excluding hydrogens is 281 g/mol. The van der Waals surface area contributed by atoms with E-state index in [-0.39, 0.29) is 11.9 Å².